The van der Waals surface area contributed by atoms with Crippen LogP contribution in [0.5, 0.6) is 0 Å². The molecule has 5 heteroatoms. The summed E-state index contributed by atoms with van der Waals surface area (Å²) in [6.07, 6.45) is 3.41. The molecule has 0 atom stereocenters. The molecule has 3 nitrogen and oxygen atoms in total. The van der Waals surface area contributed by atoms with Crippen LogP contribution in [0.1, 0.15) is 5.56 Å². The highest BCUT2D eigenvalue weighted by Crippen LogP contribution is 2.08. The van der Waals surface area contributed by atoms with Crippen LogP contribution in [0.2, 0.25) is 10.2 Å². The normalized spacial score (nSPS) is 10.4. The molecule has 0 fully saturated rings. The van der Waals surface area contributed by atoms with Gasteiger partial charge >= 0.3 is 0 Å². The molecule has 0 spiro atoms. The van der Waals surface area contributed by atoms with Crippen molar-refractivity contribution in [1.29, 1.82) is 5.41 Å². The largest absolute Gasteiger partial charge is 0.328 e. The van der Waals surface area contributed by atoms with Crippen LogP contribution >= 0.6 is 23.2 Å². The minimum absolute atomic E-state index is 0.402. The predicted octanol–water partition coefficient (Wildman–Crippen LogP) is 2.72. The summed E-state index contributed by atoms with van der Waals surface area (Å²) in [6, 6.07) is 6.96. The highest BCUT2D eigenvalue weighted by molar-refractivity contribution is 6.30. The van der Waals surface area contributed by atoms with Crippen LogP contribution in [0.15, 0.2) is 36.7 Å². The van der Waals surface area contributed by atoms with Crippen molar-refractivity contribution in [1.82, 2.24) is 9.55 Å². The molecule has 0 aliphatic heterocycles. The average Bonchev–Trinajstić information content (AvgIpc) is 2.27. The second-order valence-corrected chi connectivity index (χ2v) is 4.17. The summed E-state index contributed by atoms with van der Waals surface area (Å²) < 4.78 is 1.74. The van der Waals surface area contributed by atoms with Crippen molar-refractivity contribution in [3.8, 4) is 0 Å². The van der Waals surface area contributed by atoms with Crippen LogP contribution in [0.4, 0.5) is 0 Å². The topological polar surface area (TPSA) is 41.7 Å². The first kappa shape index (κ1) is 11.2. The zero-order valence-corrected chi connectivity index (χ0v) is 9.83. The summed E-state index contributed by atoms with van der Waals surface area (Å²) in [6.45, 7) is 0.559. The molecule has 0 saturated heterocycles. The van der Waals surface area contributed by atoms with Crippen LogP contribution < -0.4 is 5.49 Å². The zero-order valence-electron chi connectivity index (χ0n) is 8.32. The number of rotatable bonds is 2. The predicted molar refractivity (Wildman–Crippen MR) is 63.6 cm³/mol. The molecule has 0 aliphatic rings. The molecular weight excluding hydrogens is 245 g/mol. The Morgan fingerprint density at radius 2 is 2.00 bits per heavy atom. The molecule has 0 unspecified atom stereocenters. The van der Waals surface area contributed by atoms with Gasteiger partial charge in [0.2, 0.25) is 0 Å². The first-order chi connectivity index (χ1) is 7.65. The summed E-state index contributed by atoms with van der Waals surface area (Å²) in [4.78, 5) is 3.99. The van der Waals surface area contributed by atoms with Gasteiger partial charge in [-0.25, -0.2) is 4.98 Å². The number of nitrogens with one attached hydrogen (secondary N) is 1. The van der Waals surface area contributed by atoms with E-state index in [9.17, 15) is 0 Å². The van der Waals surface area contributed by atoms with Gasteiger partial charge in [-0.3, -0.25) is 5.41 Å². The molecule has 16 heavy (non-hydrogen) atoms. The second-order valence-electron chi connectivity index (χ2n) is 3.35. The Balaban J connectivity index is 2.30. The third-order valence-corrected chi connectivity index (χ3v) is 2.58. The van der Waals surface area contributed by atoms with Crippen molar-refractivity contribution in [3.05, 3.63) is 57.9 Å². The SMILES string of the molecule is N=c1ccc(Cl)cn1Cc1ccc(Cl)nc1. The van der Waals surface area contributed by atoms with Crippen molar-refractivity contribution in [2.24, 2.45) is 0 Å². The smallest absolute Gasteiger partial charge is 0.129 e. The van der Waals surface area contributed by atoms with E-state index >= 15 is 0 Å². The van der Waals surface area contributed by atoms with E-state index in [-0.39, 0.29) is 0 Å². The van der Waals surface area contributed by atoms with Gasteiger partial charge in [-0.2, -0.15) is 0 Å². The van der Waals surface area contributed by atoms with Crippen LogP contribution in [0, 0.1) is 5.41 Å². The van der Waals surface area contributed by atoms with Gasteiger partial charge in [0.05, 0.1) is 11.6 Å². The lowest BCUT2D eigenvalue weighted by Gasteiger charge is -2.07. The molecule has 1 N–H and O–H groups in total. The Kier molecular flexibility index (Phi) is 3.27. The van der Waals surface area contributed by atoms with Crippen LogP contribution in [0.3, 0.4) is 0 Å². The Morgan fingerprint density at radius 3 is 2.69 bits per heavy atom. The van der Waals surface area contributed by atoms with Crippen molar-refractivity contribution in [3.63, 3.8) is 0 Å². The highest BCUT2D eigenvalue weighted by Gasteiger charge is 1.98. The van der Waals surface area contributed by atoms with E-state index in [4.69, 9.17) is 28.6 Å². The maximum Gasteiger partial charge on any atom is 0.129 e. The molecule has 2 rings (SSSR count). The number of aromatic nitrogens is 2. The number of hydrogen-bond acceptors (Lipinski definition) is 2. The Morgan fingerprint density at radius 1 is 1.19 bits per heavy atom. The summed E-state index contributed by atoms with van der Waals surface area (Å²) in [5, 5.41) is 8.79. The summed E-state index contributed by atoms with van der Waals surface area (Å²) in [5.41, 5.74) is 1.38. The highest BCUT2D eigenvalue weighted by atomic mass is 35.5. The third-order valence-electron chi connectivity index (χ3n) is 2.13. The maximum absolute atomic E-state index is 7.72. The first-order valence-corrected chi connectivity index (χ1v) is 5.42. The van der Waals surface area contributed by atoms with E-state index in [1.807, 2.05) is 6.07 Å². The van der Waals surface area contributed by atoms with Gasteiger partial charge < -0.3 is 4.57 Å². The zero-order chi connectivity index (χ0) is 11.5. The quantitative estimate of drug-likeness (QED) is 0.822. The maximum atomic E-state index is 7.72. The van der Waals surface area contributed by atoms with Crippen molar-refractivity contribution < 1.29 is 0 Å². The van der Waals surface area contributed by atoms with E-state index in [1.54, 1.807) is 35.2 Å². The summed E-state index contributed by atoms with van der Waals surface area (Å²) in [5.74, 6) is 0. The van der Waals surface area contributed by atoms with Crippen LogP contribution in [0.25, 0.3) is 0 Å². The molecule has 82 valence electrons. The van der Waals surface area contributed by atoms with Gasteiger partial charge in [-0.15, -0.1) is 0 Å². The molecule has 0 aromatic carbocycles. The number of pyridine rings is 2. The Labute approximate surface area is 103 Å². The molecular formula is C11H9Cl2N3. The van der Waals surface area contributed by atoms with Gasteiger partial charge in [0, 0.05) is 12.4 Å². The molecule has 2 aromatic heterocycles. The molecule has 0 bridgehead atoms. The van der Waals surface area contributed by atoms with Crippen LogP contribution in [-0.2, 0) is 6.54 Å². The summed E-state index contributed by atoms with van der Waals surface area (Å²) >= 11 is 11.6. The minimum atomic E-state index is 0.402. The van der Waals surface area contributed by atoms with Gasteiger partial charge in [-0.05, 0) is 23.8 Å². The van der Waals surface area contributed by atoms with Gasteiger partial charge in [-0.1, -0.05) is 29.3 Å². The van der Waals surface area contributed by atoms with Gasteiger partial charge in [0.15, 0.2) is 0 Å². The molecule has 0 amide bonds. The van der Waals surface area contributed by atoms with E-state index < -0.39 is 0 Å². The van der Waals surface area contributed by atoms with Crippen LogP contribution in [-0.4, -0.2) is 9.55 Å². The van der Waals surface area contributed by atoms with Gasteiger partial charge in [0.1, 0.15) is 10.6 Å². The Hall–Kier alpha value is -1.32. The minimum Gasteiger partial charge on any atom is -0.328 e. The lowest BCUT2D eigenvalue weighted by atomic mass is 10.3. The van der Waals surface area contributed by atoms with E-state index in [0.717, 1.165) is 5.56 Å². The molecule has 0 saturated carbocycles. The molecule has 0 aliphatic carbocycles. The third kappa shape index (κ3) is 2.62. The fourth-order valence-corrected chi connectivity index (χ4v) is 1.64. The molecule has 2 heterocycles. The van der Waals surface area contributed by atoms with E-state index in [1.165, 1.54) is 0 Å². The molecule has 2 aromatic rings. The molecule has 0 radical (unpaired) electrons. The van der Waals surface area contributed by atoms with Gasteiger partial charge in [0.25, 0.3) is 0 Å². The first-order valence-electron chi connectivity index (χ1n) is 4.66. The monoisotopic (exact) mass is 253 g/mol. The second kappa shape index (κ2) is 4.68. The standard InChI is InChI=1S/C11H9Cl2N3/c12-9-2-4-11(14)16(7-9)6-8-1-3-10(13)15-5-8/h1-5,7,14H,6H2. The van der Waals surface area contributed by atoms with E-state index in [2.05, 4.69) is 4.98 Å². The lowest BCUT2D eigenvalue weighted by Crippen LogP contribution is -2.18. The van der Waals surface area contributed by atoms with E-state index in [0.29, 0.717) is 22.2 Å². The summed E-state index contributed by atoms with van der Waals surface area (Å²) in [7, 11) is 0. The number of hydrogen-bond donors (Lipinski definition) is 1. The Bertz CT molecular complexity index is 546. The average molecular weight is 254 g/mol. The fourth-order valence-electron chi connectivity index (χ4n) is 1.34. The van der Waals surface area contributed by atoms with Crippen molar-refractivity contribution >= 4 is 23.2 Å². The van der Waals surface area contributed by atoms with Crippen molar-refractivity contribution in [2.45, 2.75) is 6.54 Å². The number of halogens is 2. The lowest BCUT2D eigenvalue weighted by molar-refractivity contribution is 0.729. The number of nitrogens with zero attached hydrogens (tertiary/aromatic N) is 2. The van der Waals surface area contributed by atoms with Crippen molar-refractivity contribution in [2.75, 3.05) is 0 Å². The fraction of sp³-hybridized carbons (Fsp3) is 0.0909.